The first-order chi connectivity index (χ1) is 7.99. The van der Waals surface area contributed by atoms with Crippen LogP contribution in [0.4, 0.5) is 8.78 Å². The van der Waals surface area contributed by atoms with Crippen LogP contribution in [0.15, 0.2) is 24.3 Å². The van der Waals surface area contributed by atoms with E-state index < -0.39 is 6.61 Å². The SMILES string of the molecule is C[NH+](C)CCC(=O)c1ccc(OC(F)F)cc1. The number of carbonyl (C=O) groups is 1. The van der Waals surface area contributed by atoms with Crippen LogP contribution in [0.2, 0.25) is 0 Å². The topological polar surface area (TPSA) is 30.7 Å². The molecule has 0 atom stereocenters. The highest BCUT2D eigenvalue weighted by atomic mass is 19.3. The van der Waals surface area contributed by atoms with Gasteiger partial charge in [-0.2, -0.15) is 8.78 Å². The minimum atomic E-state index is -2.84. The van der Waals surface area contributed by atoms with Gasteiger partial charge in [-0.1, -0.05) is 0 Å². The Balaban J connectivity index is 2.57. The molecule has 0 saturated carbocycles. The minimum absolute atomic E-state index is 0.00907. The van der Waals surface area contributed by atoms with Gasteiger partial charge >= 0.3 is 6.61 Å². The highest BCUT2D eigenvalue weighted by Gasteiger charge is 2.09. The summed E-state index contributed by atoms with van der Waals surface area (Å²) in [4.78, 5) is 12.9. The molecule has 0 fully saturated rings. The van der Waals surface area contributed by atoms with Crippen LogP contribution in [0.5, 0.6) is 5.75 Å². The number of halogens is 2. The van der Waals surface area contributed by atoms with Crippen LogP contribution >= 0.6 is 0 Å². The molecule has 0 radical (unpaired) electrons. The maximum absolute atomic E-state index is 11.9. The fourth-order valence-corrected chi connectivity index (χ4v) is 1.33. The Bertz CT molecular complexity index is 363. The zero-order chi connectivity index (χ0) is 12.8. The van der Waals surface area contributed by atoms with E-state index >= 15 is 0 Å². The Kier molecular flexibility index (Phi) is 5.03. The zero-order valence-electron chi connectivity index (χ0n) is 9.87. The fraction of sp³-hybridized carbons (Fsp3) is 0.417. The molecule has 1 N–H and O–H groups in total. The predicted molar refractivity (Wildman–Crippen MR) is 59.7 cm³/mol. The van der Waals surface area contributed by atoms with Gasteiger partial charge in [-0.15, -0.1) is 0 Å². The van der Waals surface area contributed by atoms with Crippen LogP contribution in [-0.2, 0) is 0 Å². The molecule has 0 aliphatic carbocycles. The number of Topliss-reactive ketones (excluding diaryl/α,β-unsaturated/α-hetero) is 1. The summed E-state index contributed by atoms with van der Waals surface area (Å²) in [6.45, 7) is -2.09. The Morgan fingerprint density at radius 3 is 2.35 bits per heavy atom. The molecule has 1 aromatic rings. The van der Waals surface area contributed by atoms with Crippen molar-refractivity contribution in [2.45, 2.75) is 13.0 Å². The van der Waals surface area contributed by atoms with Gasteiger partial charge in [0.15, 0.2) is 5.78 Å². The maximum atomic E-state index is 11.9. The Labute approximate surface area is 99.0 Å². The van der Waals surface area contributed by atoms with E-state index in [2.05, 4.69) is 4.74 Å². The molecule has 17 heavy (non-hydrogen) atoms. The monoisotopic (exact) mass is 244 g/mol. The summed E-state index contributed by atoms with van der Waals surface area (Å²) in [6, 6.07) is 5.76. The number of ether oxygens (including phenoxy) is 1. The van der Waals surface area contributed by atoms with E-state index in [9.17, 15) is 13.6 Å². The largest absolute Gasteiger partial charge is 0.435 e. The van der Waals surface area contributed by atoms with Crippen molar-refractivity contribution in [3.05, 3.63) is 29.8 Å². The molecule has 3 nitrogen and oxygen atoms in total. The second-order valence-corrected chi connectivity index (χ2v) is 4.03. The first-order valence-corrected chi connectivity index (χ1v) is 5.36. The van der Waals surface area contributed by atoms with Crippen molar-refractivity contribution in [3.8, 4) is 5.75 Å². The van der Waals surface area contributed by atoms with Crippen molar-refractivity contribution < 1.29 is 23.2 Å². The smallest absolute Gasteiger partial charge is 0.387 e. The summed E-state index contributed by atoms with van der Waals surface area (Å²) in [7, 11) is 3.93. The third-order valence-electron chi connectivity index (χ3n) is 2.25. The van der Waals surface area contributed by atoms with Gasteiger partial charge < -0.3 is 9.64 Å². The number of hydrogen-bond acceptors (Lipinski definition) is 2. The normalized spacial score (nSPS) is 10.9. The number of hydrogen-bond donors (Lipinski definition) is 1. The van der Waals surface area contributed by atoms with Crippen LogP contribution in [0.1, 0.15) is 16.8 Å². The van der Waals surface area contributed by atoms with E-state index in [1.807, 2.05) is 14.1 Å². The predicted octanol–water partition coefficient (Wildman–Crippen LogP) is 1.01. The van der Waals surface area contributed by atoms with E-state index in [4.69, 9.17) is 0 Å². The first kappa shape index (κ1) is 13.6. The number of quaternary nitrogens is 1. The molecule has 5 heteroatoms. The van der Waals surface area contributed by atoms with Gasteiger partial charge in [0.25, 0.3) is 0 Å². The Hall–Kier alpha value is -1.49. The van der Waals surface area contributed by atoms with Crippen LogP contribution in [0.25, 0.3) is 0 Å². The molecule has 1 rings (SSSR count). The standard InChI is InChI=1S/C12H15F2NO2/c1-15(2)8-7-11(16)9-3-5-10(6-4-9)17-12(13)14/h3-6,12H,7-8H2,1-2H3/p+1. The molecule has 0 aliphatic heterocycles. The quantitative estimate of drug-likeness (QED) is 0.757. The number of benzene rings is 1. The van der Waals surface area contributed by atoms with Crippen molar-refractivity contribution in [1.29, 1.82) is 0 Å². The average molecular weight is 244 g/mol. The summed E-state index contributed by atoms with van der Waals surface area (Å²) in [5.41, 5.74) is 0.521. The van der Waals surface area contributed by atoms with Crippen molar-refractivity contribution in [2.24, 2.45) is 0 Å². The molecule has 1 aromatic carbocycles. The number of nitrogens with one attached hydrogen (secondary N) is 1. The van der Waals surface area contributed by atoms with Gasteiger partial charge in [-0.25, -0.2) is 0 Å². The lowest BCUT2D eigenvalue weighted by molar-refractivity contribution is -0.857. The molecule has 0 spiro atoms. The van der Waals surface area contributed by atoms with Gasteiger partial charge in [0.1, 0.15) is 5.75 Å². The molecule has 94 valence electrons. The molecule has 0 bridgehead atoms. The summed E-state index contributed by atoms with van der Waals surface area (Å²) in [5, 5.41) is 0. The lowest BCUT2D eigenvalue weighted by Crippen LogP contribution is -3.05. The van der Waals surface area contributed by atoms with Crippen molar-refractivity contribution in [3.63, 3.8) is 0 Å². The number of rotatable bonds is 6. The van der Waals surface area contributed by atoms with E-state index in [0.717, 1.165) is 6.54 Å². The highest BCUT2D eigenvalue weighted by Crippen LogP contribution is 2.15. The van der Waals surface area contributed by atoms with E-state index in [0.29, 0.717) is 12.0 Å². The zero-order valence-corrected chi connectivity index (χ0v) is 9.87. The van der Waals surface area contributed by atoms with E-state index in [-0.39, 0.29) is 11.5 Å². The van der Waals surface area contributed by atoms with Crippen LogP contribution < -0.4 is 9.64 Å². The van der Waals surface area contributed by atoms with Crippen LogP contribution in [0, 0.1) is 0 Å². The van der Waals surface area contributed by atoms with Gasteiger partial charge in [0.05, 0.1) is 27.1 Å². The summed E-state index contributed by atoms with van der Waals surface area (Å²) in [6.07, 6.45) is 0.442. The lowest BCUT2D eigenvalue weighted by atomic mass is 10.1. The van der Waals surface area contributed by atoms with E-state index in [1.54, 1.807) is 0 Å². The summed E-state index contributed by atoms with van der Waals surface area (Å²) < 4.78 is 28.0. The number of alkyl halides is 2. The third-order valence-corrected chi connectivity index (χ3v) is 2.25. The minimum Gasteiger partial charge on any atom is -0.435 e. The maximum Gasteiger partial charge on any atom is 0.387 e. The van der Waals surface area contributed by atoms with E-state index in [1.165, 1.54) is 29.2 Å². The second kappa shape index (κ2) is 6.30. The molecule has 0 amide bonds. The molecular formula is C12H16F2NO2+. The van der Waals surface area contributed by atoms with Gasteiger partial charge in [-0.05, 0) is 24.3 Å². The average Bonchev–Trinajstić information content (AvgIpc) is 2.26. The van der Waals surface area contributed by atoms with Crippen molar-refractivity contribution in [1.82, 2.24) is 0 Å². The Morgan fingerprint density at radius 1 is 1.29 bits per heavy atom. The summed E-state index contributed by atoms with van der Waals surface area (Å²) >= 11 is 0. The van der Waals surface area contributed by atoms with Crippen LogP contribution in [0.3, 0.4) is 0 Å². The molecule has 0 unspecified atom stereocenters. The third kappa shape index (κ3) is 4.91. The Morgan fingerprint density at radius 2 is 1.88 bits per heavy atom. The van der Waals surface area contributed by atoms with Crippen molar-refractivity contribution in [2.75, 3.05) is 20.6 Å². The molecular weight excluding hydrogens is 228 g/mol. The number of ketones is 1. The number of carbonyl (C=O) groups excluding carboxylic acids is 1. The lowest BCUT2D eigenvalue weighted by Gasteiger charge is -2.07. The van der Waals surface area contributed by atoms with Crippen LogP contribution in [-0.4, -0.2) is 33.0 Å². The fourth-order valence-electron chi connectivity index (χ4n) is 1.33. The summed E-state index contributed by atoms with van der Waals surface area (Å²) in [5.74, 6) is 0.0737. The molecule has 0 aromatic heterocycles. The second-order valence-electron chi connectivity index (χ2n) is 4.03. The van der Waals surface area contributed by atoms with Gasteiger partial charge in [-0.3, -0.25) is 4.79 Å². The molecule has 0 heterocycles. The first-order valence-electron chi connectivity index (χ1n) is 5.36. The highest BCUT2D eigenvalue weighted by molar-refractivity contribution is 5.96. The molecule has 0 aliphatic rings. The van der Waals surface area contributed by atoms with Gasteiger partial charge in [0.2, 0.25) is 0 Å². The molecule has 0 saturated heterocycles. The van der Waals surface area contributed by atoms with Gasteiger partial charge in [0, 0.05) is 5.56 Å². The van der Waals surface area contributed by atoms with Crippen molar-refractivity contribution >= 4 is 5.78 Å².